The molecule has 1 aliphatic rings. The Morgan fingerprint density at radius 1 is 1.35 bits per heavy atom. The third-order valence-corrected chi connectivity index (χ3v) is 3.43. The van der Waals surface area contributed by atoms with Crippen LogP contribution in [0.15, 0.2) is 28.8 Å². The van der Waals surface area contributed by atoms with Gasteiger partial charge in [0.2, 0.25) is 0 Å². The lowest BCUT2D eigenvalue weighted by atomic mass is 9.99. The molecular formula is C15H17NO4. The first kappa shape index (κ1) is 13.1. The molecule has 0 radical (unpaired) electrons. The van der Waals surface area contributed by atoms with Crippen molar-refractivity contribution in [1.82, 2.24) is 5.16 Å². The zero-order valence-corrected chi connectivity index (χ0v) is 11.3. The molecule has 1 N–H and O–H groups in total. The highest BCUT2D eigenvalue weighted by Crippen LogP contribution is 2.43. The first-order chi connectivity index (χ1) is 9.81. The van der Waals surface area contributed by atoms with E-state index in [1.165, 1.54) is 18.4 Å². The van der Waals surface area contributed by atoms with Gasteiger partial charge in [0.25, 0.3) is 5.88 Å². The van der Waals surface area contributed by atoms with Crippen molar-refractivity contribution in [3.05, 3.63) is 35.4 Å². The Kier molecular flexibility index (Phi) is 3.71. The van der Waals surface area contributed by atoms with Crippen molar-refractivity contribution in [1.29, 1.82) is 0 Å². The van der Waals surface area contributed by atoms with Gasteiger partial charge in [0, 0.05) is 18.7 Å². The Labute approximate surface area is 117 Å². The second-order valence-corrected chi connectivity index (χ2v) is 4.93. The first-order valence-corrected chi connectivity index (χ1v) is 6.64. The lowest BCUT2D eigenvalue weighted by Crippen LogP contribution is -1.98. The first-order valence-electron chi connectivity index (χ1n) is 6.64. The quantitative estimate of drug-likeness (QED) is 0.821. The molecule has 5 heteroatoms. The fourth-order valence-corrected chi connectivity index (χ4v) is 2.25. The number of rotatable bonds is 6. The van der Waals surface area contributed by atoms with Gasteiger partial charge in [-0.1, -0.05) is 12.1 Å². The lowest BCUT2D eigenvalue weighted by molar-refractivity contribution is 0.0453. The van der Waals surface area contributed by atoms with E-state index in [0.29, 0.717) is 17.6 Å². The largest absolute Gasteiger partial charge is 0.448 e. The highest BCUT2D eigenvalue weighted by atomic mass is 16.7. The second-order valence-electron chi connectivity index (χ2n) is 4.93. The van der Waals surface area contributed by atoms with E-state index >= 15 is 0 Å². The van der Waals surface area contributed by atoms with Crippen LogP contribution < -0.4 is 4.74 Å². The van der Waals surface area contributed by atoms with Crippen LogP contribution in [0.4, 0.5) is 0 Å². The molecule has 20 heavy (non-hydrogen) atoms. The van der Waals surface area contributed by atoms with Crippen LogP contribution in [0.3, 0.4) is 0 Å². The Balaban J connectivity index is 1.86. The molecule has 0 spiro atoms. The number of methoxy groups -OCH3 is 1. The van der Waals surface area contributed by atoms with E-state index in [9.17, 15) is 5.11 Å². The van der Waals surface area contributed by atoms with Crippen molar-refractivity contribution in [3.8, 4) is 17.2 Å². The van der Waals surface area contributed by atoms with Crippen molar-refractivity contribution in [3.63, 3.8) is 0 Å². The summed E-state index contributed by atoms with van der Waals surface area (Å²) in [5.74, 6) is 1.63. The number of aromatic nitrogens is 1. The molecule has 2 aromatic rings. The normalized spacial score (nSPS) is 14.5. The maximum absolute atomic E-state index is 9.39. The molecule has 1 fully saturated rings. The molecule has 0 amide bonds. The summed E-state index contributed by atoms with van der Waals surface area (Å²) in [6, 6.07) is 7.69. The number of aliphatic hydroxyl groups is 1. The maximum atomic E-state index is 9.39. The summed E-state index contributed by atoms with van der Waals surface area (Å²) >= 11 is 0. The third kappa shape index (κ3) is 2.69. The van der Waals surface area contributed by atoms with Gasteiger partial charge >= 0.3 is 0 Å². The van der Waals surface area contributed by atoms with E-state index in [0.717, 1.165) is 11.1 Å². The number of ether oxygens (including phenoxy) is 2. The average molecular weight is 275 g/mol. The topological polar surface area (TPSA) is 64.7 Å². The van der Waals surface area contributed by atoms with Crippen molar-refractivity contribution in [2.75, 3.05) is 13.9 Å². The molecule has 106 valence electrons. The van der Waals surface area contributed by atoms with E-state index in [4.69, 9.17) is 14.0 Å². The molecule has 3 rings (SSSR count). The molecule has 1 aromatic heterocycles. The maximum Gasteiger partial charge on any atom is 0.256 e. The van der Waals surface area contributed by atoms with E-state index < -0.39 is 0 Å². The SMILES string of the molecule is COCOc1cc(-c2ccc(CO)c(C3CC3)c2)on1. The van der Waals surface area contributed by atoms with Gasteiger partial charge in [-0.15, -0.1) is 0 Å². The highest BCUT2D eigenvalue weighted by Gasteiger charge is 2.26. The molecule has 0 unspecified atom stereocenters. The fourth-order valence-electron chi connectivity index (χ4n) is 2.25. The molecule has 1 aromatic carbocycles. The predicted octanol–water partition coefficient (Wildman–Crippen LogP) is 2.69. The summed E-state index contributed by atoms with van der Waals surface area (Å²) in [6.07, 6.45) is 2.38. The summed E-state index contributed by atoms with van der Waals surface area (Å²) in [5.41, 5.74) is 3.15. The summed E-state index contributed by atoms with van der Waals surface area (Å²) in [6.45, 7) is 0.216. The predicted molar refractivity (Wildman–Crippen MR) is 72.3 cm³/mol. The van der Waals surface area contributed by atoms with Gasteiger partial charge in [-0.3, -0.25) is 0 Å². The van der Waals surface area contributed by atoms with E-state index in [1.54, 1.807) is 13.2 Å². The van der Waals surface area contributed by atoms with E-state index in [-0.39, 0.29) is 13.4 Å². The van der Waals surface area contributed by atoms with Gasteiger partial charge in [-0.2, -0.15) is 0 Å². The Morgan fingerprint density at radius 2 is 2.20 bits per heavy atom. The van der Waals surface area contributed by atoms with E-state index in [2.05, 4.69) is 11.2 Å². The average Bonchev–Trinajstić information content (AvgIpc) is 3.23. The Hall–Kier alpha value is -1.85. The molecule has 0 bridgehead atoms. The van der Waals surface area contributed by atoms with Crippen LogP contribution >= 0.6 is 0 Å². The number of aliphatic hydroxyl groups excluding tert-OH is 1. The van der Waals surface area contributed by atoms with Crippen LogP contribution in [0.1, 0.15) is 29.9 Å². The number of benzene rings is 1. The van der Waals surface area contributed by atoms with Crippen LogP contribution in [0.5, 0.6) is 5.88 Å². The molecule has 1 heterocycles. The molecule has 1 saturated carbocycles. The number of nitrogens with zero attached hydrogens (tertiary/aromatic N) is 1. The van der Waals surface area contributed by atoms with E-state index in [1.807, 2.05) is 12.1 Å². The van der Waals surface area contributed by atoms with Gasteiger partial charge < -0.3 is 19.1 Å². The Morgan fingerprint density at radius 3 is 2.90 bits per heavy atom. The van der Waals surface area contributed by atoms with Crippen LogP contribution in [0, 0.1) is 0 Å². The molecule has 0 atom stereocenters. The van der Waals surface area contributed by atoms with Gasteiger partial charge in [0.1, 0.15) is 0 Å². The van der Waals surface area contributed by atoms with Crippen molar-refractivity contribution in [2.45, 2.75) is 25.4 Å². The summed E-state index contributed by atoms with van der Waals surface area (Å²) in [4.78, 5) is 0. The van der Waals surface area contributed by atoms with Gasteiger partial charge in [-0.05, 0) is 41.1 Å². The minimum Gasteiger partial charge on any atom is -0.448 e. The zero-order chi connectivity index (χ0) is 13.9. The van der Waals surface area contributed by atoms with Crippen LogP contribution in [0.2, 0.25) is 0 Å². The van der Waals surface area contributed by atoms with Crippen LogP contribution in [-0.2, 0) is 11.3 Å². The molecule has 0 saturated heterocycles. The minimum absolute atomic E-state index is 0.0741. The molecule has 0 aliphatic heterocycles. The monoisotopic (exact) mass is 275 g/mol. The number of hydrogen-bond donors (Lipinski definition) is 1. The van der Waals surface area contributed by atoms with Crippen molar-refractivity contribution < 1.29 is 19.1 Å². The summed E-state index contributed by atoms with van der Waals surface area (Å²) in [7, 11) is 1.55. The molecule has 1 aliphatic carbocycles. The Bertz CT molecular complexity index is 589. The second kappa shape index (κ2) is 5.64. The smallest absolute Gasteiger partial charge is 0.256 e. The zero-order valence-electron chi connectivity index (χ0n) is 11.3. The minimum atomic E-state index is 0.0741. The summed E-state index contributed by atoms with van der Waals surface area (Å²) < 4.78 is 15.3. The van der Waals surface area contributed by atoms with Crippen molar-refractivity contribution in [2.24, 2.45) is 0 Å². The highest BCUT2D eigenvalue weighted by molar-refractivity contribution is 5.61. The summed E-state index contributed by atoms with van der Waals surface area (Å²) in [5, 5.41) is 13.2. The van der Waals surface area contributed by atoms with Gasteiger partial charge in [-0.25, -0.2) is 0 Å². The van der Waals surface area contributed by atoms with Crippen LogP contribution in [0.25, 0.3) is 11.3 Å². The standard InChI is InChI=1S/C15H17NO4/c1-18-9-19-15-7-14(20-16-15)11-4-5-12(8-17)13(6-11)10-2-3-10/h4-7,10,17H,2-3,8-9H2,1H3. The van der Waals surface area contributed by atoms with Gasteiger partial charge in [0.15, 0.2) is 12.6 Å². The molecule has 5 nitrogen and oxygen atoms in total. The molecular weight excluding hydrogens is 258 g/mol. The van der Waals surface area contributed by atoms with Crippen LogP contribution in [-0.4, -0.2) is 24.2 Å². The lowest BCUT2D eigenvalue weighted by Gasteiger charge is -2.07. The third-order valence-electron chi connectivity index (χ3n) is 3.43. The number of hydrogen-bond acceptors (Lipinski definition) is 5. The van der Waals surface area contributed by atoms with Crippen molar-refractivity contribution >= 4 is 0 Å². The fraction of sp³-hybridized carbons (Fsp3) is 0.400. The van der Waals surface area contributed by atoms with Gasteiger partial charge in [0.05, 0.1) is 6.61 Å².